The third-order valence-electron chi connectivity index (χ3n) is 4.82. The second-order valence-corrected chi connectivity index (χ2v) is 6.12. The number of aryl methyl sites for hydroxylation is 1. The highest BCUT2D eigenvalue weighted by Crippen LogP contribution is 2.34. The summed E-state index contributed by atoms with van der Waals surface area (Å²) in [6, 6.07) is 10.1. The number of benzene rings is 2. The zero-order valence-corrected chi connectivity index (χ0v) is 12.8. The van der Waals surface area contributed by atoms with Crippen LogP contribution >= 0.6 is 0 Å². The number of carbonyl (C=O) groups is 1. The van der Waals surface area contributed by atoms with Gasteiger partial charge in [-0.3, -0.25) is 4.79 Å². The van der Waals surface area contributed by atoms with Crippen LogP contribution in [0.5, 0.6) is 5.75 Å². The van der Waals surface area contributed by atoms with Crippen molar-refractivity contribution < 1.29 is 14.3 Å². The first kappa shape index (κ1) is 13.6. The lowest BCUT2D eigenvalue weighted by atomic mass is 9.98. The summed E-state index contributed by atoms with van der Waals surface area (Å²) in [4.78, 5) is 15.0. The molecule has 1 amide bonds. The van der Waals surface area contributed by atoms with Gasteiger partial charge in [0.15, 0.2) is 0 Å². The van der Waals surface area contributed by atoms with Crippen molar-refractivity contribution in [3.8, 4) is 5.75 Å². The van der Waals surface area contributed by atoms with Gasteiger partial charge in [0.05, 0.1) is 25.9 Å². The average molecular weight is 297 g/mol. The van der Waals surface area contributed by atoms with Gasteiger partial charge in [0, 0.05) is 22.9 Å². The molecule has 4 rings (SSSR count). The van der Waals surface area contributed by atoms with Crippen LogP contribution in [-0.4, -0.2) is 43.2 Å². The molecule has 2 aromatic rings. The number of morpholine rings is 1. The molecule has 4 nitrogen and oxygen atoms in total. The standard InChI is InChI=1S/C18H19NO3/c1-11-4-3-5-14-16(21-2)7-6-15(17(11)14)18(20)19-9-13-8-12(19)10-22-13/h3-7,12-13H,8-10H2,1-2H3. The minimum Gasteiger partial charge on any atom is -0.496 e. The first-order valence-electron chi connectivity index (χ1n) is 7.68. The molecular weight excluding hydrogens is 278 g/mol. The average Bonchev–Trinajstić information content (AvgIpc) is 3.16. The van der Waals surface area contributed by atoms with Crippen LogP contribution in [0.1, 0.15) is 22.3 Å². The summed E-state index contributed by atoms with van der Waals surface area (Å²) in [5.41, 5.74) is 1.86. The van der Waals surface area contributed by atoms with E-state index < -0.39 is 0 Å². The molecule has 2 bridgehead atoms. The Morgan fingerprint density at radius 1 is 1.32 bits per heavy atom. The molecule has 2 atom stereocenters. The predicted molar refractivity (Wildman–Crippen MR) is 84.4 cm³/mol. The Bertz CT molecular complexity index is 755. The highest BCUT2D eigenvalue weighted by atomic mass is 16.5. The van der Waals surface area contributed by atoms with Crippen LogP contribution in [0, 0.1) is 6.92 Å². The van der Waals surface area contributed by atoms with E-state index in [1.165, 1.54) is 0 Å². The number of hydrogen-bond acceptors (Lipinski definition) is 3. The number of nitrogens with zero attached hydrogens (tertiary/aromatic N) is 1. The third kappa shape index (κ3) is 1.91. The summed E-state index contributed by atoms with van der Waals surface area (Å²) in [6.07, 6.45) is 1.19. The maximum atomic E-state index is 13.0. The molecule has 2 heterocycles. The molecule has 2 aliphatic rings. The molecule has 2 unspecified atom stereocenters. The van der Waals surface area contributed by atoms with Gasteiger partial charge in [-0.25, -0.2) is 0 Å². The van der Waals surface area contributed by atoms with Crippen LogP contribution in [0.2, 0.25) is 0 Å². The van der Waals surface area contributed by atoms with Gasteiger partial charge in [0.1, 0.15) is 5.75 Å². The number of carbonyl (C=O) groups excluding carboxylic acids is 1. The van der Waals surface area contributed by atoms with E-state index in [-0.39, 0.29) is 18.1 Å². The van der Waals surface area contributed by atoms with E-state index in [0.29, 0.717) is 13.2 Å². The molecule has 2 saturated heterocycles. The van der Waals surface area contributed by atoms with Gasteiger partial charge < -0.3 is 14.4 Å². The molecule has 114 valence electrons. The Morgan fingerprint density at radius 2 is 2.18 bits per heavy atom. The lowest BCUT2D eigenvalue weighted by Gasteiger charge is -2.27. The number of amides is 1. The monoisotopic (exact) mass is 297 g/mol. The molecule has 0 N–H and O–H groups in total. The topological polar surface area (TPSA) is 38.8 Å². The quantitative estimate of drug-likeness (QED) is 0.855. The van der Waals surface area contributed by atoms with E-state index in [1.807, 2.05) is 42.2 Å². The summed E-state index contributed by atoms with van der Waals surface area (Å²) in [5.74, 6) is 0.916. The Hall–Kier alpha value is -2.07. The van der Waals surface area contributed by atoms with Crippen molar-refractivity contribution in [3.63, 3.8) is 0 Å². The van der Waals surface area contributed by atoms with Crippen molar-refractivity contribution >= 4 is 16.7 Å². The fourth-order valence-electron chi connectivity index (χ4n) is 3.72. The third-order valence-corrected chi connectivity index (χ3v) is 4.82. The van der Waals surface area contributed by atoms with E-state index in [2.05, 4.69) is 0 Å². The lowest BCUT2D eigenvalue weighted by Crippen LogP contribution is -2.41. The molecule has 4 heteroatoms. The molecular formula is C18H19NO3. The summed E-state index contributed by atoms with van der Waals surface area (Å²) < 4.78 is 11.0. The normalized spacial score (nSPS) is 23.3. The lowest BCUT2D eigenvalue weighted by molar-refractivity contribution is 0.0260. The maximum Gasteiger partial charge on any atom is 0.254 e. The van der Waals surface area contributed by atoms with E-state index >= 15 is 0 Å². The van der Waals surface area contributed by atoms with Crippen LogP contribution in [0.15, 0.2) is 30.3 Å². The SMILES string of the molecule is COc1ccc(C(=O)N2CC3CC2CO3)c2c(C)cccc12. The van der Waals surface area contributed by atoms with Crippen molar-refractivity contribution in [1.29, 1.82) is 0 Å². The number of hydrogen-bond donors (Lipinski definition) is 0. The minimum absolute atomic E-state index is 0.109. The van der Waals surface area contributed by atoms with Crippen molar-refractivity contribution in [1.82, 2.24) is 4.90 Å². The van der Waals surface area contributed by atoms with Crippen molar-refractivity contribution in [2.75, 3.05) is 20.3 Å². The van der Waals surface area contributed by atoms with Crippen LogP contribution in [0.3, 0.4) is 0 Å². The molecule has 2 aromatic carbocycles. The van der Waals surface area contributed by atoms with Gasteiger partial charge in [0.25, 0.3) is 5.91 Å². The van der Waals surface area contributed by atoms with Crippen LogP contribution in [0.25, 0.3) is 10.8 Å². The largest absolute Gasteiger partial charge is 0.496 e. The second kappa shape index (κ2) is 4.99. The summed E-state index contributed by atoms with van der Waals surface area (Å²) in [7, 11) is 1.66. The smallest absolute Gasteiger partial charge is 0.254 e. The Labute approximate surface area is 129 Å². The van der Waals surface area contributed by atoms with Gasteiger partial charge in [-0.05, 0) is 31.0 Å². The number of ether oxygens (including phenoxy) is 2. The summed E-state index contributed by atoms with van der Waals surface area (Å²) in [6.45, 7) is 3.42. The number of rotatable bonds is 2. The Balaban J connectivity index is 1.83. The van der Waals surface area contributed by atoms with E-state index in [9.17, 15) is 4.79 Å². The van der Waals surface area contributed by atoms with Crippen LogP contribution in [0.4, 0.5) is 0 Å². The van der Waals surface area contributed by atoms with Gasteiger partial charge in [-0.15, -0.1) is 0 Å². The first-order chi connectivity index (χ1) is 10.7. The molecule has 0 saturated carbocycles. The number of fused-ring (bicyclic) bond motifs is 3. The fraction of sp³-hybridized carbons (Fsp3) is 0.389. The molecule has 0 radical (unpaired) electrons. The van der Waals surface area contributed by atoms with Gasteiger partial charge >= 0.3 is 0 Å². The van der Waals surface area contributed by atoms with Crippen LogP contribution < -0.4 is 4.74 Å². The molecule has 0 aromatic heterocycles. The van der Waals surface area contributed by atoms with E-state index in [0.717, 1.165) is 34.1 Å². The second-order valence-electron chi connectivity index (χ2n) is 6.12. The van der Waals surface area contributed by atoms with E-state index in [4.69, 9.17) is 9.47 Å². The summed E-state index contributed by atoms with van der Waals surface area (Å²) in [5, 5.41) is 1.99. The summed E-state index contributed by atoms with van der Waals surface area (Å²) >= 11 is 0. The van der Waals surface area contributed by atoms with Gasteiger partial charge in [-0.1, -0.05) is 18.2 Å². The van der Waals surface area contributed by atoms with Gasteiger partial charge in [0.2, 0.25) is 0 Å². The fourth-order valence-corrected chi connectivity index (χ4v) is 3.72. The predicted octanol–water partition coefficient (Wildman–Crippen LogP) is 2.77. The molecule has 0 spiro atoms. The minimum atomic E-state index is 0.109. The number of likely N-dealkylation sites (tertiary alicyclic amines) is 1. The maximum absolute atomic E-state index is 13.0. The molecule has 0 aliphatic carbocycles. The molecule has 2 aliphatic heterocycles. The molecule has 22 heavy (non-hydrogen) atoms. The first-order valence-corrected chi connectivity index (χ1v) is 7.68. The Kier molecular flexibility index (Phi) is 3.08. The highest BCUT2D eigenvalue weighted by Gasteiger charge is 2.42. The zero-order chi connectivity index (χ0) is 15.3. The van der Waals surface area contributed by atoms with Gasteiger partial charge in [-0.2, -0.15) is 0 Å². The number of methoxy groups -OCH3 is 1. The van der Waals surface area contributed by atoms with Crippen LogP contribution in [-0.2, 0) is 4.74 Å². The zero-order valence-electron chi connectivity index (χ0n) is 12.8. The van der Waals surface area contributed by atoms with E-state index in [1.54, 1.807) is 7.11 Å². The van der Waals surface area contributed by atoms with Crippen molar-refractivity contribution in [2.45, 2.75) is 25.5 Å². The molecule has 2 fully saturated rings. The van der Waals surface area contributed by atoms with Crippen molar-refractivity contribution in [3.05, 3.63) is 41.5 Å². The van der Waals surface area contributed by atoms with Crippen molar-refractivity contribution in [2.24, 2.45) is 0 Å². The highest BCUT2D eigenvalue weighted by molar-refractivity contribution is 6.10. The Morgan fingerprint density at radius 3 is 2.86 bits per heavy atom.